The number of sulfone groups is 1. The van der Waals surface area contributed by atoms with Crippen molar-refractivity contribution < 1.29 is 18.0 Å². The normalized spacial score (nSPS) is 18.6. The van der Waals surface area contributed by atoms with Crippen LogP contribution in [0.15, 0.2) is 47.4 Å². The van der Waals surface area contributed by atoms with Gasteiger partial charge in [-0.1, -0.05) is 43.1 Å². The summed E-state index contributed by atoms with van der Waals surface area (Å²) in [6.45, 7) is 3.95. The quantitative estimate of drug-likeness (QED) is 0.478. The highest BCUT2D eigenvalue weighted by molar-refractivity contribution is 8.00. The maximum Gasteiger partial charge on any atom is 0.241 e. The molecule has 178 valence electrons. The highest BCUT2D eigenvalue weighted by atomic mass is 35.5. The van der Waals surface area contributed by atoms with Crippen LogP contribution < -0.4 is 16.0 Å². The molecule has 0 spiro atoms. The average molecular weight is 510 g/mol. The molecule has 33 heavy (non-hydrogen) atoms. The predicted molar refractivity (Wildman–Crippen MR) is 133 cm³/mol. The van der Waals surface area contributed by atoms with E-state index < -0.39 is 26.5 Å². The Labute approximate surface area is 204 Å². The number of aryl methyl sites for hydroxylation is 2. The molecule has 1 saturated heterocycles. The first-order valence-corrected chi connectivity index (χ1v) is 13.7. The third kappa shape index (κ3) is 6.72. The number of carbonyl (C=O) groups is 2. The number of benzene rings is 2. The average Bonchev–Trinajstić information content (AvgIpc) is 2.79. The van der Waals surface area contributed by atoms with Crippen LogP contribution in [-0.2, 0) is 25.8 Å². The van der Waals surface area contributed by atoms with Crippen molar-refractivity contribution in [3.8, 4) is 0 Å². The van der Waals surface area contributed by atoms with Gasteiger partial charge in [0.2, 0.25) is 11.8 Å². The lowest BCUT2D eigenvalue weighted by Crippen LogP contribution is -2.59. The van der Waals surface area contributed by atoms with Crippen LogP contribution in [0.1, 0.15) is 30.9 Å². The topological polar surface area (TPSA) is 104 Å². The summed E-state index contributed by atoms with van der Waals surface area (Å²) in [5.41, 5.74) is 2.01. The summed E-state index contributed by atoms with van der Waals surface area (Å²) < 4.78 is 25.9. The molecule has 1 aliphatic heterocycles. The van der Waals surface area contributed by atoms with Crippen LogP contribution in [0.3, 0.4) is 0 Å². The molecule has 1 fully saturated rings. The Morgan fingerprint density at radius 1 is 1.21 bits per heavy atom. The monoisotopic (exact) mass is 509 g/mol. The van der Waals surface area contributed by atoms with E-state index in [0.717, 1.165) is 30.4 Å². The fourth-order valence-corrected chi connectivity index (χ4v) is 5.84. The molecule has 10 heteroatoms. The Morgan fingerprint density at radius 3 is 2.58 bits per heavy atom. The summed E-state index contributed by atoms with van der Waals surface area (Å²) in [6, 6.07) is 12.0. The molecule has 0 aromatic heterocycles. The first kappa shape index (κ1) is 25.6. The van der Waals surface area contributed by atoms with Gasteiger partial charge in [0, 0.05) is 17.3 Å². The van der Waals surface area contributed by atoms with Crippen LogP contribution in [0.25, 0.3) is 0 Å². The number of carbonyl (C=O) groups excluding carboxylic acids is 2. The van der Waals surface area contributed by atoms with E-state index >= 15 is 0 Å². The van der Waals surface area contributed by atoms with Gasteiger partial charge in [0.05, 0.1) is 10.6 Å². The van der Waals surface area contributed by atoms with Crippen LogP contribution in [0.4, 0.5) is 5.69 Å². The number of hydrogen-bond donors (Lipinski definition) is 3. The minimum Gasteiger partial charge on any atom is -0.331 e. The number of anilines is 1. The molecule has 0 radical (unpaired) electrons. The van der Waals surface area contributed by atoms with E-state index in [1.807, 2.05) is 13.0 Å². The zero-order chi connectivity index (χ0) is 24.0. The smallest absolute Gasteiger partial charge is 0.241 e. The highest BCUT2D eigenvalue weighted by Gasteiger charge is 2.38. The van der Waals surface area contributed by atoms with Crippen LogP contribution in [0, 0.1) is 6.92 Å². The van der Waals surface area contributed by atoms with Crippen molar-refractivity contribution >= 4 is 50.7 Å². The van der Waals surface area contributed by atoms with Crippen molar-refractivity contribution in [2.75, 3.05) is 17.6 Å². The SMILES string of the molecule is CCCCc1ccc(S(=O)(=O)C2CNC(SCC(=O)Nc3ccc(C)c(Cl)c3)NC2=O)cc1. The molecular weight excluding hydrogens is 482 g/mol. The highest BCUT2D eigenvalue weighted by Crippen LogP contribution is 2.22. The molecule has 0 saturated carbocycles. The largest absolute Gasteiger partial charge is 0.331 e. The van der Waals surface area contributed by atoms with Gasteiger partial charge in [-0.3, -0.25) is 14.9 Å². The fourth-order valence-electron chi connectivity index (χ4n) is 3.35. The van der Waals surface area contributed by atoms with Crippen molar-refractivity contribution in [1.82, 2.24) is 10.6 Å². The van der Waals surface area contributed by atoms with Crippen LogP contribution >= 0.6 is 23.4 Å². The number of rotatable bonds is 9. The van der Waals surface area contributed by atoms with Gasteiger partial charge in [-0.05, 0) is 55.2 Å². The van der Waals surface area contributed by atoms with Gasteiger partial charge in [0.25, 0.3) is 0 Å². The summed E-state index contributed by atoms with van der Waals surface area (Å²) in [6.07, 6.45) is 3.00. The van der Waals surface area contributed by atoms with Gasteiger partial charge in [-0.15, -0.1) is 11.8 Å². The van der Waals surface area contributed by atoms with E-state index in [1.54, 1.807) is 36.4 Å². The molecule has 2 aromatic rings. The summed E-state index contributed by atoms with van der Waals surface area (Å²) >= 11 is 7.24. The number of unbranched alkanes of at least 4 members (excludes halogenated alkanes) is 1. The Kier molecular flexibility index (Phi) is 8.81. The second-order valence-corrected chi connectivity index (χ2v) is 11.5. The number of thioether (sulfide) groups is 1. The number of halogens is 1. The van der Waals surface area contributed by atoms with Gasteiger partial charge in [0.1, 0.15) is 5.50 Å². The Morgan fingerprint density at radius 2 is 1.94 bits per heavy atom. The molecule has 2 unspecified atom stereocenters. The molecule has 2 atom stereocenters. The van der Waals surface area contributed by atoms with Gasteiger partial charge < -0.3 is 10.6 Å². The second-order valence-electron chi connectivity index (χ2n) is 7.90. The van der Waals surface area contributed by atoms with E-state index in [4.69, 9.17) is 11.6 Å². The Balaban J connectivity index is 1.52. The first-order valence-electron chi connectivity index (χ1n) is 10.7. The molecule has 1 aliphatic rings. The fraction of sp³-hybridized carbons (Fsp3) is 0.391. The van der Waals surface area contributed by atoms with E-state index in [1.165, 1.54) is 11.8 Å². The molecule has 0 aliphatic carbocycles. The lowest BCUT2D eigenvalue weighted by molar-refractivity contribution is -0.122. The molecule has 0 bridgehead atoms. The zero-order valence-electron chi connectivity index (χ0n) is 18.6. The van der Waals surface area contributed by atoms with Gasteiger partial charge >= 0.3 is 0 Å². The maximum absolute atomic E-state index is 13.0. The standard InChI is InChI=1S/C23H28ClN3O4S2/c1-3-4-5-16-7-10-18(11-8-16)33(30,31)20-13-25-23(27-22(20)29)32-14-21(28)26-17-9-6-15(2)19(24)12-17/h6-12,20,23,25H,3-5,13-14H2,1-2H3,(H,26,28)(H,27,29). The maximum atomic E-state index is 13.0. The van der Waals surface area contributed by atoms with E-state index in [9.17, 15) is 18.0 Å². The van der Waals surface area contributed by atoms with E-state index in [0.29, 0.717) is 10.7 Å². The Bertz CT molecular complexity index is 1110. The number of nitrogens with one attached hydrogen (secondary N) is 3. The van der Waals surface area contributed by atoms with Gasteiger partial charge in [0.15, 0.2) is 15.1 Å². The molecular formula is C23H28ClN3O4S2. The van der Waals surface area contributed by atoms with Crippen molar-refractivity contribution in [1.29, 1.82) is 0 Å². The molecule has 1 heterocycles. The van der Waals surface area contributed by atoms with Crippen molar-refractivity contribution in [3.05, 3.63) is 58.6 Å². The van der Waals surface area contributed by atoms with Crippen LogP contribution in [0.5, 0.6) is 0 Å². The lowest BCUT2D eigenvalue weighted by atomic mass is 10.1. The number of hydrogen-bond acceptors (Lipinski definition) is 6. The summed E-state index contributed by atoms with van der Waals surface area (Å²) in [5.74, 6) is -0.763. The van der Waals surface area contributed by atoms with Gasteiger partial charge in [-0.2, -0.15) is 0 Å². The number of amides is 2. The van der Waals surface area contributed by atoms with Gasteiger partial charge in [-0.25, -0.2) is 8.42 Å². The lowest BCUT2D eigenvalue weighted by Gasteiger charge is -2.29. The minimum atomic E-state index is -3.83. The zero-order valence-corrected chi connectivity index (χ0v) is 20.9. The Hall–Kier alpha value is -2.07. The van der Waals surface area contributed by atoms with Crippen molar-refractivity contribution in [2.45, 2.75) is 48.8 Å². The molecule has 3 rings (SSSR count). The third-order valence-electron chi connectivity index (χ3n) is 5.34. The molecule has 2 aromatic carbocycles. The molecule has 7 nitrogen and oxygen atoms in total. The summed E-state index contributed by atoms with van der Waals surface area (Å²) in [5, 5.41) is 7.74. The minimum absolute atomic E-state index is 0.0292. The summed E-state index contributed by atoms with van der Waals surface area (Å²) in [4.78, 5) is 24.9. The second kappa shape index (κ2) is 11.4. The van der Waals surface area contributed by atoms with Crippen LogP contribution in [-0.4, -0.2) is 43.3 Å². The predicted octanol–water partition coefficient (Wildman–Crippen LogP) is 3.51. The van der Waals surface area contributed by atoms with E-state index in [-0.39, 0.29) is 23.1 Å². The molecule has 3 N–H and O–H groups in total. The summed E-state index contributed by atoms with van der Waals surface area (Å²) in [7, 11) is -3.83. The van der Waals surface area contributed by atoms with Crippen molar-refractivity contribution in [3.63, 3.8) is 0 Å². The third-order valence-corrected chi connectivity index (χ3v) is 8.85. The van der Waals surface area contributed by atoms with Crippen LogP contribution in [0.2, 0.25) is 5.02 Å². The van der Waals surface area contributed by atoms with Crippen molar-refractivity contribution in [2.24, 2.45) is 0 Å². The first-order chi connectivity index (χ1) is 15.7. The molecule has 2 amide bonds. The van der Waals surface area contributed by atoms with E-state index in [2.05, 4.69) is 22.9 Å².